The Kier molecular flexibility index (Phi) is 4.18. The maximum Gasteiger partial charge on any atom is 0.0766 e. The summed E-state index contributed by atoms with van der Waals surface area (Å²) in [6.45, 7) is -0.00295. The van der Waals surface area contributed by atoms with Crippen LogP contribution in [0.15, 0.2) is 65.3 Å². The van der Waals surface area contributed by atoms with Crippen molar-refractivity contribution in [3.8, 4) is 0 Å². The smallest absolute Gasteiger partial charge is 0.0766 e. The predicted molar refractivity (Wildman–Crippen MR) is 89.3 cm³/mol. The van der Waals surface area contributed by atoms with Crippen molar-refractivity contribution < 1.29 is 5.11 Å². The molecule has 1 heterocycles. The van der Waals surface area contributed by atoms with Crippen molar-refractivity contribution in [2.45, 2.75) is 6.04 Å². The number of pyridine rings is 1. The Bertz CT molecular complexity index is 755. The van der Waals surface area contributed by atoms with Gasteiger partial charge in [0, 0.05) is 27.3 Å². The van der Waals surface area contributed by atoms with Crippen LogP contribution in [0.3, 0.4) is 0 Å². The molecule has 2 N–H and O–H groups in total. The Morgan fingerprint density at radius 3 is 2.67 bits per heavy atom. The van der Waals surface area contributed by atoms with Gasteiger partial charge in [-0.25, -0.2) is 0 Å². The van der Waals surface area contributed by atoms with Gasteiger partial charge in [-0.15, -0.1) is 0 Å². The molecule has 2 aromatic carbocycles. The molecule has 0 radical (unpaired) electrons. The topological polar surface area (TPSA) is 45.1 Å². The van der Waals surface area contributed by atoms with Gasteiger partial charge in [0.25, 0.3) is 0 Å². The molecule has 21 heavy (non-hydrogen) atoms. The summed E-state index contributed by atoms with van der Waals surface area (Å²) in [6, 6.07) is 17.6. The normalized spacial score (nSPS) is 12.3. The van der Waals surface area contributed by atoms with Crippen LogP contribution < -0.4 is 5.32 Å². The highest BCUT2D eigenvalue weighted by molar-refractivity contribution is 9.10. The number of anilines is 1. The third kappa shape index (κ3) is 2.91. The van der Waals surface area contributed by atoms with Gasteiger partial charge in [0.05, 0.1) is 18.2 Å². The predicted octanol–water partition coefficient (Wildman–Crippen LogP) is 4.14. The summed E-state index contributed by atoms with van der Waals surface area (Å²) in [5.41, 5.74) is 2.86. The Morgan fingerprint density at radius 1 is 1.05 bits per heavy atom. The highest BCUT2D eigenvalue weighted by Crippen LogP contribution is 2.29. The van der Waals surface area contributed by atoms with Crippen molar-refractivity contribution in [3.63, 3.8) is 0 Å². The van der Waals surface area contributed by atoms with E-state index in [-0.39, 0.29) is 12.6 Å². The summed E-state index contributed by atoms with van der Waals surface area (Å²) >= 11 is 3.52. The van der Waals surface area contributed by atoms with Crippen LogP contribution in [0.4, 0.5) is 5.69 Å². The van der Waals surface area contributed by atoms with Crippen molar-refractivity contribution in [2.75, 3.05) is 11.9 Å². The second-order valence-corrected chi connectivity index (χ2v) is 5.64. The van der Waals surface area contributed by atoms with E-state index in [4.69, 9.17) is 0 Å². The molecule has 1 aromatic heterocycles. The van der Waals surface area contributed by atoms with E-state index in [0.717, 1.165) is 26.6 Å². The summed E-state index contributed by atoms with van der Waals surface area (Å²) in [6.07, 6.45) is 1.78. The number of benzene rings is 2. The van der Waals surface area contributed by atoms with Crippen molar-refractivity contribution in [3.05, 3.63) is 70.8 Å². The third-order valence-electron chi connectivity index (χ3n) is 3.43. The average molecular weight is 343 g/mol. The largest absolute Gasteiger partial charge is 0.394 e. The Balaban J connectivity index is 2.01. The fourth-order valence-electron chi connectivity index (χ4n) is 2.40. The highest BCUT2D eigenvalue weighted by Gasteiger charge is 2.15. The Hall–Kier alpha value is -1.91. The molecule has 0 aliphatic carbocycles. The van der Waals surface area contributed by atoms with E-state index in [9.17, 15) is 5.11 Å². The molecule has 3 aromatic rings. The van der Waals surface area contributed by atoms with Gasteiger partial charge in [0.1, 0.15) is 0 Å². The van der Waals surface area contributed by atoms with Crippen LogP contribution in [0, 0.1) is 0 Å². The number of fused-ring (bicyclic) bond motifs is 1. The highest BCUT2D eigenvalue weighted by atomic mass is 79.9. The first-order chi connectivity index (χ1) is 10.3. The molecule has 3 nitrogen and oxygen atoms in total. The number of halogens is 1. The fourth-order valence-corrected chi connectivity index (χ4v) is 2.80. The zero-order valence-corrected chi connectivity index (χ0v) is 12.9. The lowest BCUT2D eigenvalue weighted by Crippen LogP contribution is -2.15. The Labute approximate surface area is 131 Å². The summed E-state index contributed by atoms with van der Waals surface area (Å²) in [5, 5.41) is 14.2. The maximum atomic E-state index is 9.79. The standard InChI is InChI=1S/C17H15BrN2O/c18-14-8-1-2-9-15(14)20-16(11-21)13-7-3-5-12-6-4-10-19-17(12)13/h1-10,16,20-21H,11H2. The minimum absolute atomic E-state index is 0.00295. The lowest BCUT2D eigenvalue weighted by atomic mass is 10.0. The monoisotopic (exact) mass is 342 g/mol. The van der Waals surface area contributed by atoms with Gasteiger partial charge in [-0.3, -0.25) is 4.98 Å². The summed E-state index contributed by atoms with van der Waals surface area (Å²) < 4.78 is 0.969. The molecule has 0 aliphatic heterocycles. The van der Waals surface area contributed by atoms with E-state index < -0.39 is 0 Å². The number of nitrogens with zero attached hydrogens (tertiary/aromatic N) is 1. The quantitative estimate of drug-likeness (QED) is 0.748. The van der Waals surface area contributed by atoms with Crippen LogP contribution in [-0.2, 0) is 0 Å². The lowest BCUT2D eigenvalue weighted by molar-refractivity contribution is 0.277. The van der Waals surface area contributed by atoms with Crippen LogP contribution in [0.1, 0.15) is 11.6 Å². The number of hydrogen-bond donors (Lipinski definition) is 2. The van der Waals surface area contributed by atoms with E-state index >= 15 is 0 Å². The summed E-state index contributed by atoms with van der Waals surface area (Å²) in [5.74, 6) is 0. The summed E-state index contributed by atoms with van der Waals surface area (Å²) in [7, 11) is 0. The Morgan fingerprint density at radius 2 is 1.86 bits per heavy atom. The molecule has 0 saturated heterocycles. The second-order valence-electron chi connectivity index (χ2n) is 4.78. The van der Waals surface area contributed by atoms with Crippen molar-refractivity contribution >= 4 is 32.5 Å². The first-order valence-corrected chi connectivity index (χ1v) is 7.54. The zero-order valence-electron chi connectivity index (χ0n) is 11.3. The minimum atomic E-state index is -0.206. The van der Waals surface area contributed by atoms with Crippen LogP contribution in [0.2, 0.25) is 0 Å². The number of rotatable bonds is 4. The number of aliphatic hydroxyl groups excluding tert-OH is 1. The van der Waals surface area contributed by atoms with Crippen LogP contribution in [0.5, 0.6) is 0 Å². The molecule has 3 rings (SSSR count). The van der Waals surface area contributed by atoms with Gasteiger partial charge in [0.15, 0.2) is 0 Å². The van der Waals surface area contributed by atoms with Gasteiger partial charge < -0.3 is 10.4 Å². The first-order valence-electron chi connectivity index (χ1n) is 6.75. The van der Waals surface area contributed by atoms with E-state index in [1.807, 2.05) is 54.6 Å². The van der Waals surface area contributed by atoms with E-state index in [1.54, 1.807) is 6.20 Å². The van der Waals surface area contributed by atoms with Crippen molar-refractivity contribution in [2.24, 2.45) is 0 Å². The van der Waals surface area contributed by atoms with E-state index in [1.165, 1.54) is 0 Å². The molecule has 1 unspecified atom stereocenters. The minimum Gasteiger partial charge on any atom is -0.394 e. The third-order valence-corrected chi connectivity index (χ3v) is 4.12. The molecule has 4 heteroatoms. The van der Waals surface area contributed by atoms with Crippen LogP contribution in [-0.4, -0.2) is 16.7 Å². The van der Waals surface area contributed by atoms with Gasteiger partial charge >= 0.3 is 0 Å². The molecule has 0 aliphatic rings. The second kappa shape index (κ2) is 6.24. The van der Waals surface area contributed by atoms with E-state index in [0.29, 0.717) is 0 Å². The average Bonchev–Trinajstić information content (AvgIpc) is 2.54. The lowest BCUT2D eigenvalue weighted by Gasteiger charge is -2.20. The van der Waals surface area contributed by atoms with Crippen LogP contribution in [0.25, 0.3) is 10.9 Å². The maximum absolute atomic E-state index is 9.79. The molecular weight excluding hydrogens is 328 g/mol. The number of para-hydroxylation sites is 2. The number of aliphatic hydroxyl groups is 1. The molecule has 106 valence electrons. The van der Waals surface area contributed by atoms with Crippen molar-refractivity contribution in [1.82, 2.24) is 4.98 Å². The number of nitrogens with one attached hydrogen (secondary N) is 1. The molecule has 0 fully saturated rings. The molecule has 1 atom stereocenters. The number of aromatic nitrogens is 1. The van der Waals surface area contributed by atoms with Gasteiger partial charge in [-0.2, -0.15) is 0 Å². The molecule has 0 spiro atoms. The molecule has 0 bridgehead atoms. The molecule has 0 amide bonds. The fraction of sp³-hybridized carbons (Fsp3) is 0.118. The van der Waals surface area contributed by atoms with Crippen molar-refractivity contribution in [1.29, 1.82) is 0 Å². The van der Waals surface area contributed by atoms with Gasteiger partial charge in [-0.1, -0.05) is 36.4 Å². The molecule has 0 saturated carbocycles. The zero-order chi connectivity index (χ0) is 14.7. The van der Waals surface area contributed by atoms with Crippen LogP contribution >= 0.6 is 15.9 Å². The number of hydrogen-bond acceptors (Lipinski definition) is 3. The SMILES string of the molecule is OCC(Nc1ccccc1Br)c1cccc2cccnc12. The summed E-state index contributed by atoms with van der Waals surface area (Å²) in [4.78, 5) is 4.45. The van der Waals surface area contributed by atoms with Gasteiger partial charge in [-0.05, 0) is 34.1 Å². The first kappa shape index (κ1) is 14.0. The van der Waals surface area contributed by atoms with Gasteiger partial charge in [0.2, 0.25) is 0 Å². The van der Waals surface area contributed by atoms with E-state index in [2.05, 4.69) is 26.2 Å². The molecular formula is C17H15BrN2O.